The Bertz CT molecular complexity index is 695. The summed E-state index contributed by atoms with van der Waals surface area (Å²) >= 11 is 5.98. The van der Waals surface area contributed by atoms with Crippen LogP contribution in [-0.2, 0) is 9.59 Å². The number of likely N-dealkylation sites (tertiary alicyclic amines) is 2. The first-order valence-electron chi connectivity index (χ1n) is 10.4. The fourth-order valence-corrected chi connectivity index (χ4v) is 4.36. The lowest BCUT2D eigenvalue weighted by atomic mass is 9.91. The quantitative estimate of drug-likeness (QED) is 0.715. The van der Waals surface area contributed by atoms with Crippen molar-refractivity contribution in [1.82, 2.24) is 9.80 Å². The second-order valence-corrected chi connectivity index (χ2v) is 8.50. The summed E-state index contributed by atoms with van der Waals surface area (Å²) in [5.74, 6) is 1.56. The molecular weight excluding hydrogens is 376 g/mol. The number of nitrogens with zero attached hydrogens (tertiary/aromatic N) is 2. The number of hydrogen-bond acceptors (Lipinski definition) is 3. The van der Waals surface area contributed by atoms with Gasteiger partial charge in [0.25, 0.3) is 5.91 Å². The van der Waals surface area contributed by atoms with E-state index in [1.807, 2.05) is 28.9 Å². The number of benzene rings is 1. The Balaban J connectivity index is 1.42. The van der Waals surface area contributed by atoms with Gasteiger partial charge in [-0.3, -0.25) is 9.59 Å². The van der Waals surface area contributed by atoms with Crippen molar-refractivity contribution in [2.45, 2.75) is 58.5 Å². The van der Waals surface area contributed by atoms with Gasteiger partial charge >= 0.3 is 0 Å². The molecule has 1 aromatic carbocycles. The van der Waals surface area contributed by atoms with E-state index in [4.69, 9.17) is 16.3 Å². The Hall–Kier alpha value is -1.75. The normalized spacial score (nSPS) is 19.0. The van der Waals surface area contributed by atoms with E-state index < -0.39 is 6.10 Å². The van der Waals surface area contributed by atoms with Crippen LogP contribution in [0.4, 0.5) is 0 Å². The van der Waals surface area contributed by atoms with Crippen LogP contribution in [0.3, 0.4) is 0 Å². The van der Waals surface area contributed by atoms with E-state index in [2.05, 4.69) is 0 Å². The molecule has 0 bridgehead atoms. The third-order valence-corrected chi connectivity index (χ3v) is 6.18. The Morgan fingerprint density at radius 1 is 1.14 bits per heavy atom. The molecule has 2 fully saturated rings. The number of carbonyl (C=O) groups is 2. The Labute approximate surface area is 173 Å². The lowest BCUT2D eigenvalue weighted by Gasteiger charge is -2.33. The molecule has 1 atom stereocenters. The predicted molar refractivity (Wildman–Crippen MR) is 111 cm³/mol. The van der Waals surface area contributed by atoms with Gasteiger partial charge in [-0.25, -0.2) is 0 Å². The monoisotopic (exact) mass is 406 g/mol. The van der Waals surface area contributed by atoms with Crippen LogP contribution in [-0.4, -0.2) is 53.9 Å². The van der Waals surface area contributed by atoms with Gasteiger partial charge in [0, 0.05) is 37.6 Å². The third kappa shape index (κ3) is 5.40. The first kappa shape index (κ1) is 21.0. The van der Waals surface area contributed by atoms with Crippen LogP contribution in [0.2, 0.25) is 5.02 Å². The highest BCUT2D eigenvalue weighted by atomic mass is 35.5. The summed E-state index contributed by atoms with van der Waals surface area (Å²) in [6.07, 6.45) is 5.27. The minimum absolute atomic E-state index is 0.0287. The molecule has 2 amide bonds. The van der Waals surface area contributed by atoms with Crippen molar-refractivity contribution >= 4 is 23.4 Å². The van der Waals surface area contributed by atoms with Gasteiger partial charge in [0.1, 0.15) is 5.75 Å². The van der Waals surface area contributed by atoms with Gasteiger partial charge in [-0.15, -0.1) is 0 Å². The van der Waals surface area contributed by atoms with Gasteiger partial charge in [-0.2, -0.15) is 0 Å². The van der Waals surface area contributed by atoms with Gasteiger partial charge in [-0.1, -0.05) is 11.6 Å². The molecule has 1 aromatic rings. The number of rotatable bonds is 6. The van der Waals surface area contributed by atoms with Crippen molar-refractivity contribution in [3.8, 4) is 5.75 Å². The summed E-state index contributed by atoms with van der Waals surface area (Å²) in [6.45, 7) is 7.07. The standard InChI is InChI=1S/C22H31ClN2O3/c1-16-15-19(23)6-7-20(16)28-17(2)22(27)25-13-9-18(10-14-25)5-8-21(26)24-11-3-4-12-24/h6-7,15,17-18H,3-5,8-14H2,1-2H3. The number of amides is 2. The maximum Gasteiger partial charge on any atom is 0.263 e. The number of halogens is 1. The number of carbonyl (C=O) groups excluding carboxylic acids is 2. The molecule has 5 nitrogen and oxygen atoms in total. The Morgan fingerprint density at radius 2 is 1.82 bits per heavy atom. The van der Waals surface area contributed by atoms with Gasteiger partial charge in [0.15, 0.2) is 6.10 Å². The molecule has 0 spiro atoms. The molecule has 0 radical (unpaired) electrons. The van der Waals surface area contributed by atoms with Gasteiger partial charge in [0.2, 0.25) is 5.91 Å². The highest BCUT2D eigenvalue weighted by molar-refractivity contribution is 6.30. The van der Waals surface area contributed by atoms with Crippen molar-refractivity contribution in [2.24, 2.45) is 5.92 Å². The second-order valence-electron chi connectivity index (χ2n) is 8.07. The smallest absolute Gasteiger partial charge is 0.263 e. The number of hydrogen-bond donors (Lipinski definition) is 0. The molecule has 3 rings (SSSR count). The van der Waals surface area contributed by atoms with Crippen LogP contribution in [0.15, 0.2) is 18.2 Å². The largest absolute Gasteiger partial charge is 0.481 e. The van der Waals surface area contributed by atoms with E-state index in [1.54, 1.807) is 13.0 Å². The van der Waals surface area contributed by atoms with Gasteiger partial charge < -0.3 is 14.5 Å². The summed E-state index contributed by atoms with van der Waals surface area (Å²) in [4.78, 5) is 28.8. The predicted octanol–water partition coefficient (Wildman–Crippen LogP) is 4.06. The van der Waals surface area contributed by atoms with E-state index in [1.165, 1.54) is 0 Å². The molecule has 0 aromatic heterocycles. The van der Waals surface area contributed by atoms with Gasteiger partial charge in [-0.05, 0) is 75.6 Å². The zero-order valence-corrected chi connectivity index (χ0v) is 17.7. The van der Waals surface area contributed by atoms with Crippen LogP contribution in [0.5, 0.6) is 5.75 Å². The van der Waals surface area contributed by atoms with E-state index in [0.29, 0.717) is 29.0 Å². The maximum absolute atomic E-state index is 12.7. The zero-order valence-electron chi connectivity index (χ0n) is 17.0. The first-order valence-corrected chi connectivity index (χ1v) is 10.8. The highest BCUT2D eigenvalue weighted by Gasteiger charge is 2.28. The molecule has 0 saturated carbocycles. The molecule has 2 saturated heterocycles. The Kier molecular flexibility index (Phi) is 7.22. The molecule has 28 heavy (non-hydrogen) atoms. The van der Waals surface area contributed by atoms with Crippen molar-refractivity contribution in [3.05, 3.63) is 28.8 Å². The van der Waals surface area contributed by atoms with E-state index >= 15 is 0 Å². The van der Waals surface area contributed by atoms with Crippen molar-refractivity contribution in [1.29, 1.82) is 0 Å². The fraction of sp³-hybridized carbons (Fsp3) is 0.636. The van der Waals surface area contributed by atoms with Crippen LogP contribution < -0.4 is 4.74 Å². The average Bonchev–Trinajstić information content (AvgIpc) is 3.23. The van der Waals surface area contributed by atoms with E-state index in [0.717, 1.165) is 63.8 Å². The molecule has 0 aliphatic carbocycles. The molecule has 1 unspecified atom stereocenters. The molecule has 2 aliphatic rings. The highest BCUT2D eigenvalue weighted by Crippen LogP contribution is 2.26. The van der Waals surface area contributed by atoms with Gasteiger partial charge in [0.05, 0.1) is 0 Å². The van der Waals surface area contributed by atoms with E-state index in [9.17, 15) is 9.59 Å². The molecule has 2 aliphatic heterocycles. The number of piperidine rings is 1. The molecule has 154 valence electrons. The summed E-state index contributed by atoms with van der Waals surface area (Å²) in [6, 6.07) is 5.42. The number of ether oxygens (including phenoxy) is 1. The minimum Gasteiger partial charge on any atom is -0.481 e. The summed E-state index contributed by atoms with van der Waals surface area (Å²) in [5.41, 5.74) is 0.925. The summed E-state index contributed by atoms with van der Waals surface area (Å²) < 4.78 is 5.88. The average molecular weight is 407 g/mol. The molecule has 2 heterocycles. The van der Waals surface area contributed by atoms with Crippen LogP contribution >= 0.6 is 11.6 Å². The van der Waals surface area contributed by atoms with Crippen LogP contribution in [0.25, 0.3) is 0 Å². The van der Waals surface area contributed by atoms with Crippen LogP contribution in [0.1, 0.15) is 51.0 Å². The SMILES string of the molecule is Cc1cc(Cl)ccc1OC(C)C(=O)N1CCC(CCC(=O)N2CCCC2)CC1. The zero-order chi connectivity index (χ0) is 20.1. The van der Waals surface area contributed by atoms with Crippen molar-refractivity contribution < 1.29 is 14.3 Å². The van der Waals surface area contributed by atoms with Crippen molar-refractivity contribution in [3.63, 3.8) is 0 Å². The Morgan fingerprint density at radius 3 is 2.46 bits per heavy atom. The second kappa shape index (κ2) is 9.64. The molecular formula is C22H31ClN2O3. The summed E-state index contributed by atoms with van der Waals surface area (Å²) in [5, 5.41) is 0.661. The first-order chi connectivity index (χ1) is 13.4. The molecule has 6 heteroatoms. The van der Waals surface area contributed by atoms with E-state index in [-0.39, 0.29) is 5.91 Å². The summed E-state index contributed by atoms with van der Waals surface area (Å²) in [7, 11) is 0. The minimum atomic E-state index is -0.520. The maximum atomic E-state index is 12.7. The number of aryl methyl sites for hydroxylation is 1. The third-order valence-electron chi connectivity index (χ3n) is 5.94. The van der Waals surface area contributed by atoms with Crippen LogP contribution in [0, 0.1) is 12.8 Å². The van der Waals surface area contributed by atoms with Crippen molar-refractivity contribution in [2.75, 3.05) is 26.2 Å². The lowest BCUT2D eigenvalue weighted by Crippen LogP contribution is -2.45. The fourth-order valence-electron chi connectivity index (χ4n) is 4.14. The lowest BCUT2D eigenvalue weighted by molar-refractivity contribution is -0.139. The molecule has 0 N–H and O–H groups in total. The topological polar surface area (TPSA) is 49.9 Å².